The number of imidazole rings is 1. The van der Waals surface area contributed by atoms with Crippen LogP contribution in [0.15, 0.2) is 67.0 Å². The van der Waals surface area contributed by atoms with Crippen LogP contribution in [0.5, 0.6) is 5.75 Å². The smallest absolute Gasteiger partial charge is 0.155 e. The maximum Gasteiger partial charge on any atom is 0.155 e. The fraction of sp³-hybridized carbons (Fsp3) is 0.217. The third-order valence-electron chi connectivity index (χ3n) is 5.36. The van der Waals surface area contributed by atoms with E-state index in [1.165, 1.54) is 19.3 Å². The van der Waals surface area contributed by atoms with Crippen molar-refractivity contribution in [3.63, 3.8) is 0 Å². The molecule has 0 saturated heterocycles. The van der Waals surface area contributed by atoms with Gasteiger partial charge in [0.05, 0.1) is 5.69 Å². The number of fused-ring (bicyclic) bond motifs is 1. The van der Waals surface area contributed by atoms with Crippen LogP contribution in [0, 0.1) is 0 Å². The zero-order valence-electron chi connectivity index (χ0n) is 15.4. The number of ether oxygens (including phenoxy) is 1. The third kappa shape index (κ3) is 3.14. The molecule has 1 saturated carbocycles. The molecule has 0 spiro atoms. The van der Waals surface area contributed by atoms with E-state index in [4.69, 9.17) is 21.3 Å². The van der Waals surface area contributed by atoms with Crippen molar-refractivity contribution in [2.75, 3.05) is 0 Å². The van der Waals surface area contributed by atoms with Crippen molar-refractivity contribution < 1.29 is 4.74 Å². The van der Waals surface area contributed by atoms with Gasteiger partial charge >= 0.3 is 0 Å². The number of benzene rings is 2. The first-order valence-corrected chi connectivity index (χ1v) is 9.97. The number of rotatable bonds is 5. The van der Waals surface area contributed by atoms with E-state index in [1.54, 1.807) is 6.20 Å². The molecule has 2 aromatic heterocycles. The number of nitrogens with zero attached hydrogens (tertiary/aromatic N) is 3. The van der Waals surface area contributed by atoms with Crippen molar-refractivity contribution >= 4 is 17.1 Å². The monoisotopic (exact) mass is 389 g/mol. The van der Waals surface area contributed by atoms with Crippen molar-refractivity contribution in [3.05, 3.63) is 83.5 Å². The SMILES string of the molecule is Clc1nccn2c(C3CCC3)nc(-c3cccc(OCc4ccccc4)c3)c12. The first kappa shape index (κ1) is 17.3. The zero-order valence-corrected chi connectivity index (χ0v) is 16.1. The molecule has 2 aromatic carbocycles. The van der Waals surface area contributed by atoms with Crippen LogP contribution in [0.1, 0.15) is 36.6 Å². The molecule has 28 heavy (non-hydrogen) atoms. The minimum atomic E-state index is 0.478. The highest BCUT2D eigenvalue weighted by molar-refractivity contribution is 6.33. The maximum atomic E-state index is 6.47. The largest absolute Gasteiger partial charge is 0.489 e. The summed E-state index contributed by atoms with van der Waals surface area (Å²) >= 11 is 6.47. The van der Waals surface area contributed by atoms with E-state index in [9.17, 15) is 0 Å². The highest BCUT2D eigenvalue weighted by atomic mass is 35.5. The highest BCUT2D eigenvalue weighted by Crippen LogP contribution is 2.39. The van der Waals surface area contributed by atoms with Crippen molar-refractivity contribution in [2.24, 2.45) is 0 Å². The van der Waals surface area contributed by atoms with Crippen LogP contribution in [-0.2, 0) is 6.61 Å². The average molecular weight is 390 g/mol. The van der Waals surface area contributed by atoms with Crippen LogP contribution in [0.4, 0.5) is 0 Å². The van der Waals surface area contributed by atoms with Gasteiger partial charge in [0.25, 0.3) is 0 Å². The summed E-state index contributed by atoms with van der Waals surface area (Å²) in [5, 5.41) is 0.478. The lowest BCUT2D eigenvalue weighted by atomic mass is 9.85. The molecule has 0 unspecified atom stereocenters. The van der Waals surface area contributed by atoms with Crippen molar-refractivity contribution in [2.45, 2.75) is 31.8 Å². The summed E-state index contributed by atoms with van der Waals surface area (Å²) in [4.78, 5) is 9.27. The van der Waals surface area contributed by atoms with Gasteiger partial charge in [0.2, 0.25) is 0 Å². The molecule has 2 heterocycles. The Labute approximate surface area is 168 Å². The Morgan fingerprint density at radius 2 is 1.93 bits per heavy atom. The van der Waals surface area contributed by atoms with Gasteiger partial charge in [-0.15, -0.1) is 0 Å². The van der Waals surface area contributed by atoms with Gasteiger partial charge < -0.3 is 4.74 Å². The van der Waals surface area contributed by atoms with E-state index in [0.29, 0.717) is 17.7 Å². The van der Waals surface area contributed by atoms with Crippen LogP contribution < -0.4 is 4.74 Å². The Balaban J connectivity index is 1.51. The molecule has 0 atom stereocenters. The first-order valence-electron chi connectivity index (χ1n) is 9.59. The summed E-state index contributed by atoms with van der Waals surface area (Å²) in [6, 6.07) is 18.2. The van der Waals surface area contributed by atoms with Crippen molar-refractivity contribution in [1.82, 2.24) is 14.4 Å². The fourth-order valence-corrected chi connectivity index (χ4v) is 3.89. The summed E-state index contributed by atoms with van der Waals surface area (Å²) in [6.45, 7) is 0.532. The lowest BCUT2D eigenvalue weighted by Gasteiger charge is -2.23. The van der Waals surface area contributed by atoms with Gasteiger partial charge in [0.1, 0.15) is 23.7 Å². The molecule has 5 heteroatoms. The fourth-order valence-electron chi connectivity index (χ4n) is 3.65. The molecular formula is C23H20ClN3O. The molecule has 1 aliphatic rings. The Morgan fingerprint density at radius 1 is 1.07 bits per heavy atom. The molecule has 0 bridgehead atoms. The van der Waals surface area contributed by atoms with Gasteiger partial charge in [-0.2, -0.15) is 0 Å². The molecule has 4 nitrogen and oxygen atoms in total. The summed E-state index contributed by atoms with van der Waals surface area (Å²) in [5.41, 5.74) is 3.86. The third-order valence-corrected chi connectivity index (χ3v) is 5.64. The second-order valence-electron chi connectivity index (χ2n) is 7.19. The highest BCUT2D eigenvalue weighted by Gasteiger charge is 2.27. The molecule has 0 aliphatic heterocycles. The topological polar surface area (TPSA) is 39.4 Å². The van der Waals surface area contributed by atoms with E-state index in [0.717, 1.165) is 33.9 Å². The quantitative estimate of drug-likeness (QED) is 0.426. The van der Waals surface area contributed by atoms with Crippen LogP contribution in [0.3, 0.4) is 0 Å². The number of hydrogen-bond donors (Lipinski definition) is 0. The predicted octanol–water partition coefficient (Wildman–Crippen LogP) is 5.90. The van der Waals surface area contributed by atoms with Gasteiger partial charge in [-0.3, -0.25) is 4.40 Å². The zero-order chi connectivity index (χ0) is 18.9. The van der Waals surface area contributed by atoms with Gasteiger partial charge in [-0.05, 0) is 30.5 Å². The standard InChI is InChI=1S/C23H20ClN3O/c24-22-21-20(26-23(17-8-4-9-17)27(21)13-12-25-22)18-10-5-11-19(14-18)28-15-16-6-2-1-3-7-16/h1-3,5-7,10-14,17H,4,8-9,15H2. The second kappa shape index (κ2) is 7.28. The second-order valence-corrected chi connectivity index (χ2v) is 7.54. The molecule has 1 fully saturated rings. The maximum absolute atomic E-state index is 6.47. The van der Waals surface area contributed by atoms with E-state index in [-0.39, 0.29) is 0 Å². The van der Waals surface area contributed by atoms with E-state index >= 15 is 0 Å². The lowest BCUT2D eigenvalue weighted by molar-refractivity contribution is 0.306. The Kier molecular flexibility index (Phi) is 4.49. The van der Waals surface area contributed by atoms with Gasteiger partial charge in [-0.1, -0.05) is 60.5 Å². The van der Waals surface area contributed by atoms with Crippen molar-refractivity contribution in [3.8, 4) is 17.0 Å². The van der Waals surface area contributed by atoms with Gasteiger partial charge in [-0.25, -0.2) is 9.97 Å². The summed E-state index contributed by atoms with van der Waals surface area (Å²) < 4.78 is 8.10. The molecule has 0 amide bonds. The van der Waals surface area contributed by atoms with E-state index in [2.05, 4.69) is 21.5 Å². The molecule has 5 rings (SSSR count). The molecule has 4 aromatic rings. The Hall–Kier alpha value is -2.85. The minimum Gasteiger partial charge on any atom is -0.489 e. The van der Waals surface area contributed by atoms with Crippen LogP contribution >= 0.6 is 11.6 Å². The minimum absolute atomic E-state index is 0.478. The molecule has 0 N–H and O–H groups in total. The molecule has 0 radical (unpaired) electrons. The number of halogens is 1. The van der Waals surface area contributed by atoms with Crippen LogP contribution in [0.2, 0.25) is 5.15 Å². The summed E-state index contributed by atoms with van der Waals surface area (Å²) in [6.07, 6.45) is 7.32. The number of hydrogen-bond acceptors (Lipinski definition) is 3. The van der Waals surface area contributed by atoms with Crippen LogP contribution in [0.25, 0.3) is 16.8 Å². The van der Waals surface area contributed by atoms with Crippen LogP contribution in [-0.4, -0.2) is 14.4 Å². The number of aromatic nitrogens is 3. The first-order chi connectivity index (χ1) is 13.8. The predicted molar refractivity (Wildman–Crippen MR) is 111 cm³/mol. The Morgan fingerprint density at radius 3 is 2.71 bits per heavy atom. The Bertz CT molecular complexity index is 1120. The summed E-state index contributed by atoms with van der Waals surface area (Å²) in [7, 11) is 0. The van der Waals surface area contributed by atoms with E-state index in [1.807, 2.05) is 48.7 Å². The molecule has 1 aliphatic carbocycles. The van der Waals surface area contributed by atoms with Gasteiger partial charge in [0, 0.05) is 23.9 Å². The molecule has 140 valence electrons. The summed E-state index contributed by atoms with van der Waals surface area (Å²) in [5.74, 6) is 2.39. The van der Waals surface area contributed by atoms with Crippen molar-refractivity contribution in [1.29, 1.82) is 0 Å². The van der Waals surface area contributed by atoms with Gasteiger partial charge in [0.15, 0.2) is 5.15 Å². The average Bonchev–Trinajstić information content (AvgIpc) is 3.07. The lowest BCUT2D eigenvalue weighted by Crippen LogP contribution is -2.12. The molecular weight excluding hydrogens is 370 g/mol. The normalized spacial score (nSPS) is 14.2. The van der Waals surface area contributed by atoms with E-state index < -0.39 is 0 Å².